The third-order valence-electron chi connectivity index (χ3n) is 3.11. The normalized spacial score (nSPS) is 19.3. The lowest BCUT2D eigenvalue weighted by Gasteiger charge is -2.08. The van der Waals surface area contributed by atoms with Gasteiger partial charge in [0.15, 0.2) is 12.2 Å². The molecule has 0 saturated carbocycles. The Balaban J connectivity index is 1.64. The third kappa shape index (κ3) is 3.24. The second kappa shape index (κ2) is 5.87. The number of rotatable bonds is 5. The summed E-state index contributed by atoms with van der Waals surface area (Å²) in [6.45, 7) is 0. The largest absolute Gasteiger partial charge is 0.457 e. The highest BCUT2D eigenvalue weighted by Crippen LogP contribution is 2.26. The van der Waals surface area contributed by atoms with Crippen LogP contribution >= 0.6 is 0 Å². The molecule has 0 radical (unpaired) electrons. The van der Waals surface area contributed by atoms with Gasteiger partial charge in [-0.15, -0.1) is 0 Å². The van der Waals surface area contributed by atoms with Gasteiger partial charge in [-0.25, -0.2) is 0 Å². The molecule has 2 amide bonds. The Kier molecular flexibility index (Phi) is 3.76. The minimum absolute atomic E-state index is 0.402. The van der Waals surface area contributed by atoms with Crippen LogP contribution in [0, 0.1) is 0 Å². The smallest absolute Gasteiger partial charge is 0.256 e. The van der Waals surface area contributed by atoms with E-state index in [9.17, 15) is 9.59 Å². The summed E-state index contributed by atoms with van der Waals surface area (Å²) in [6.07, 6.45) is -1.64. The molecule has 0 unspecified atom stereocenters. The van der Waals surface area contributed by atoms with Crippen molar-refractivity contribution in [2.24, 2.45) is 5.73 Å². The maximum absolute atomic E-state index is 11.9. The molecule has 22 heavy (non-hydrogen) atoms. The highest BCUT2D eigenvalue weighted by molar-refractivity contribution is 6.01. The van der Waals surface area contributed by atoms with Crippen LogP contribution in [0.1, 0.15) is 0 Å². The van der Waals surface area contributed by atoms with Crippen LogP contribution in [0.4, 0.5) is 5.69 Å². The lowest BCUT2D eigenvalue weighted by Crippen LogP contribution is -2.26. The van der Waals surface area contributed by atoms with Crippen LogP contribution in [0.15, 0.2) is 54.6 Å². The first-order valence-electron chi connectivity index (χ1n) is 6.72. The van der Waals surface area contributed by atoms with E-state index >= 15 is 0 Å². The number of ether oxygens (including phenoxy) is 2. The molecule has 0 aromatic heterocycles. The molecule has 1 saturated heterocycles. The second-order valence-corrected chi connectivity index (χ2v) is 4.81. The van der Waals surface area contributed by atoms with Gasteiger partial charge in [-0.2, -0.15) is 0 Å². The minimum atomic E-state index is -0.830. The Labute approximate surface area is 126 Å². The van der Waals surface area contributed by atoms with Crippen LogP contribution in [0.2, 0.25) is 0 Å². The van der Waals surface area contributed by atoms with Crippen LogP contribution < -0.4 is 15.8 Å². The second-order valence-electron chi connectivity index (χ2n) is 4.81. The van der Waals surface area contributed by atoms with Crippen molar-refractivity contribution in [3.8, 4) is 11.5 Å². The van der Waals surface area contributed by atoms with E-state index in [1.54, 1.807) is 24.3 Å². The molecule has 0 spiro atoms. The molecule has 6 heteroatoms. The van der Waals surface area contributed by atoms with Gasteiger partial charge in [-0.3, -0.25) is 9.59 Å². The maximum Gasteiger partial charge on any atom is 0.256 e. The fraction of sp³-hybridized carbons (Fsp3) is 0.125. The zero-order valence-electron chi connectivity index (χ0n) is 11.6. The summed E-state index contributed by atoms with van der Waals surface area (Å²) >= 11 is 0. The number of benzene rings is 2. The number of nitrogens with two attached hydrogens (primary N) is 1. The SMILES string of the molecule is NC(=O)[C@H]1O[C@H]1C(=O)Nc1cccc(Oc2ccccc2)c1. The number of anilines is 1. The van der Waals surface area contributed by atoms with Gasteiger partial charge in [-0.1, -0.05) is 24.3 Å². The lowest BCUT2D eigenvalue weighted by atomic mass is 10.2. The van der Waals surface area contributed by atoms with Gasteiger partial charge in [0.1, 0.15) is 11.5 Å². The zero-order valence-corrected chi connectivity index (χ0v) is 11.6. The summed E-state index contributed by atoms with van der Waals surface area (Å²) in [5.41, 5.74) is 5.62. The number of carbonyl (C=O) groups is 2. The molecule has 0 aliphatic carbocycles. The van der Waals surface area contributed by atoms with Crippen molar-refractivity contribution in [2.75, 3.05) is 5.32 Å². The predicted octanol–water partition coefficient (Wildman–Crippen LogP) is 1.67. The number of carbonyl (C=O) groups excluding carboxylic acids is 2. The standard InChI is InChI=1S/C16H14N2O4/c17-15(19)13-14(22-13)16(20)18-10-5-4-8-12(9-10)21-11-6-2-1-3-7-11/h1-9,13-14H,(H2,17,19)(H,18,20)/t13-,14+/m0/s1. The number of primary amides is 1. The Hall–Kier alpha value is -2.86. The van der Waals surface area contributed by atoms with E-state index in [0.717, 1.165) is 0 Å². The molecular formula is C16H14N2O4. The fourth-order valence-corrected chi connectivity index (χ4v) is 2.00. The highest BCUT2D eigenvalue weighted by Gasteiger charge is 2.49. The van der Waals surface area contributed by atoms with Gasteiger partial charge in [0.2, 0.25) is 5.91 Å². The van der Waals surface area contributed by atoms with Crippen LogP contribution in [0.25, 0.3) is 0 Å². The first kappa shape index (κ1) is 14.1. The topological polar surface area (TPSA) is 94.0 Å². The summed E-state index contributed by atoms with van der Waals surface area (Å²) in [4.78, 5) is 22.8. The number of epoxide rings is 1. The number of para-hydroxylation sites is 1. The number of amides is 2. The molecule has 2 aromatic carbocycles. The summed E-state index contributed by atoms with van der Waals surface area (Å²) in [5, 5.41) is 2.66. The van der Waals surface area contributed by atoms with E-state index < -0.39 is 24.0 Å². The van der Waals surface area contributed by atoms with Gasteiger partial charge < -0.3 is 20.5 Å². The fourth-order valence-electron chi connectivity index (χ4n) is 2.00. The van der Waals surface area contributed by atoms with Crippen LogP contribution in [0.3, 0.4) is 0 Å². The number of nitrogens with one attached hydrogen (secondary N) is 1. The molecule has 2 atom stereocenters. The van der Waals surface area contributed by atoms with Crippen LogP contribution in [-0.2, 0) is 14.3 Å². The van der Waals surface area contributed by atoms with E-state index in [2.05, 4.69) is 5.32 Å². The van der Waals surface area contributed by atoms with Crippen molar-refractivity contribution in [1.29, 1.82) is 0 Å². The van der Waals surface area contributed by atoms with E-state index in [4.69, 9.17) is 15.2 Å². The molecule has 2 aromatic rings. The number of hydrogen-bond donors (Lipinski definition) is 2. The van der Waals surface area contributed by atoms with Crippen LogP contribution in [-0.4, -0.2) is 24.0 Å². The van der Waals surface area contributed by atoms with Crippen molar-refractivity contribution in [3.63, 3.8) is 0 Å². The van der Waals surface area contributed by atoms with Crippen molar-refractivity contribution < 1.29 is 19.1 Å². The predicted molar refractivity (Wildman–Crippen MR) is 79.4 cm³/mol. The van der Waals surface area contributed by atoms with E-state index in [1.165, 1.54) is 0 Å². The molecule has 3 rings (SSSR count). The van der Waals surface area contributed by atoms with Gasteiger partial charge in [-0.05, 0) is 24.3 Å². The van der Waals surface area contributed by atoms with Gasteiger partial charge in [0.25, 0.3) is 5.91 Å². The Morgan fingerprint density at radius 3 is 2.41 bits per heavy atom. The van der Waals surface area contributed by atoms with E-state index in [-0.39, 0.29) is 0 Å². The molecule has 1 aliphatic heterocycles. The summed E-state index contributed by atoms with van der Waals surface area (Å²) in [7, 11) is 0. The average molecular weight is 298 g/mol. The monoisotopic (exact) mass is 298 g/mol. The molecular weight excluding hydrogens is 284 g/mol. The van der Waals surface area contributed by atoms with Crippen molar-refractivity contribution in [3.05, 3.63) is 54.6 Å². The molecule has 3 N–H and O–H groups in total. The lowest BCUT2D eigenvalue weighted by molar-refractivity contribution is -0.120. The number of hydrogen-bond acceptors (Lipinski definition) is 4. The molecule has 1 aliphatic rings. The zero-order chi connectivity index (χ0) is 15.5. The molecule has 0 bridgehead atoms. The molecule has 1 heterocycles. The van der Waals surface area contributed by atoms with Gasteiger partial charge in [0, 0.05) is 11.8 Å². The van der Waals surface area contributed by atoms with E-state index in [1.807, 2.05) is 30.3 Å². The third-order valence-corrected chi connectivity index (χ3v) is 3.11. The van der Waals surface area contributed by atoms with Crippen molar-refractivity contribution >= 4 is 17.5 Å². The summed E-state index contributed by atoms with van der Waals surface area (Å²) < 4.78 is 10.6. The minimum Gasteiger partial charge on any atom is -0.457 e. The van der Waals surface area contributed by atoms with Gasteiger partial charge in [0.05, 0.1) is 0 Å². The Bertz CT molecular complexity index is 702. The quantitative estimate of drug-likeness (QED) is 0.821. The molecule has 6 nitrogen and oxygen atoms in total. The van der Waals surface area contributed by atoms with Crippen molar-refractivity contribution in [1.82, 2.24) is 0 Å². The first-order valence-corrected chi connectivity index (χ1v) is 6.72. The van der Waals surface area contributed by atoms with E-state index in [0.29, 0.717) is 17.2 Å². The average Bonchev–Trinajstić information content (AvgIpc) is 3.29. The summed E-state index contributed by atoms with van der Waals surface area (Å²) in [5.74, 6) is 0.249. The van der Waals surface area contributed by atoms with Crippen molar-refractivity contribution in [2.45, 2.75) is 12.2 Å². The Morgan fingerprint density at radius 2 is 1.73 bits per heavy atom. The van der Waals surface area contributed by atoms with Gasteiger partial charge >= 0.3 is 0 Å². The maximum atomic E-state index is 11.9. The first-order chi connectivity index (χ1) is 10.6. The van der Waals surface area contributed by atoms with Crippen LogP contribution in [0.5, 0.6) is 11.5 Å². The highest BCUT2D eigenvalue weighted by atomic mass is 16.6. The summed E-state index contributed by atoms with van der Waals surface area (Å²) in [6, 6.07) is 16.3. The Morgan fingerprint density at radius 1 is 1.00 bits per heavy atom. The molecule has 1 fully saturated rings. The molecule has 112 valence electrons.